The molecule has 4 rings (SSSR count). The maximum atomic E-state index is 12.8. The van der Waals surface area contributed by atoms with Crippen LogP contribution in [0.3, 0.4) is 0 Å². The monoisotopic (exact) mass is 415 g/mol. The fourth-order valence-electron chi connectivity index (χ4n) is 3.83. The van der Waals surface area contributed by atoms with E-state index in [-0.39, 0.29) is 24.4 Å². The highest BCUT2D eigenvalue weighted by Gasteiger charge is 2.30. The minimum atomic E-state index is -0.199. The number of carbonyl (C=O) groups is 2. The van der Waals surface area contributed by atoms with Gasteiger partial charge in [0, 0.05) is 28.7 Å². The second-order valence-corrected chi connectivity index (χ2v) is 7.56. The summed E-state index contributed by atoms with van der Waals surface area (Å²) in [5.74, 6) is 0.559. The summed E-state index contributed by atoms with van der Waals surface area (Å²) in [6.07, 6.45) is 0.875. The van der Waals surface area contributed by atoms with E-state index in [9.17, 15) is 9.59 Å². The Morgan fingerprint density at radius 1 is 0.968 bits per heavy atom. The molecule has 2 amide bonds. The predicted octanol–water partition coefficient (Wildman–Crippen LogP) is 4.34. The quantitative estimate of drug-likeness (QED) is 0.628. The molecular formula is C25H25N3O3. The topological polar surface area (TPSA) is 70.7 Å². The van der Waals surface area contributed by atoms with Crippen LogP contribution in [0.25, 0.3) is 0 Å². The second kappa shape index (κ2) is 8.92. The number of benzene rings is 3. The van der Waals surface area contributed by atoms with Gasteiger partial charge in [-0.05, 0) is 73.5 Å². The minimum absolute atomic E-state index is 0.0266. The lowest BCUT2D eigenvalue weighted by Gasteiger charge is -2.23. The van der Waals surface area contributed by atoms with Crippen molar-refractivity contribution in [2.45, 2.75) is 19.4 Å². The number of nitrogens with zero attached hydrogens (tertiary/aromatic N) is 1. The van der Waals surface area contributed by atoms with Crippen LogP contribution >= 0.6 is 0 Å². The summed E-state index contributed by atoms with van der Waals surface area (Å²) in [5.41, 5.74) is 4.21. The van der Waals surface area contributed by atoms with Crippen molar-refractivity contribution in [1.29, 1.82) is 0 Å². The zero-order valence-electron chi connectivity index (χ0n) is 17.6. The average Bonchev–Trinajstić information content (AvgIpc) is 3.14. The summed E-state index contributed by atoms with van der Waals surface area (Å²) in [6, 6.07) is 22.4. The van der Waals surface area contributed by atoms with Gasteiger partial charge < -0.3 is 20.3 Å². The number of hydrogen-bond donors (Lipinski definition) is 2. The number of amides is 2. The molecule has 0 bridgehead atoms. The van der Waals surface area contributed by atoms with E-state index < -0.39 is 0 Å². The first-order valence-electron chi connectivity index (χ1n) is 10.2. The fourth-order valence-corrected chi connectivity index (χ4v) is 3.83. The number of rotatable bonds is 6. The first-order valence-corrected chi connectivity index (χ1v) is 10.2. The number of carbonyl (C=O) groups excluding carboxylic acids is 2. The van der Waals surface area contributed by atoms with Crippen molar-refractivity contribution in [1.82, 2.24) is 0 Å². The normalized spacial score (nSPS) is 14.6. The Kier molecular flexibility index (Phi) is 5.89. The summed E-state index contributed by atoms with van der Waals surface area (Å²) in [7, 11) is 1.60. The van der Waals surface area contributed by atoms with Gasteiger partial charge in [-0.1, -0.05) is 18.2 Å². The Bertz CT molecular complexity index is 1080. The van der Waals surface area contributed by atoms with Crippen LogP contribution in [0.15, 0.2) is 72.8 Å². The first kappa shape index (κ1) is 20.5. The molecule has 1 aliphatic heterocycles. The van der Waals surface area contributed by atoms with Crippen molar-refractivity contribution in [3.05, 3.63) is 83.9 Å². The number of para-hydroxylation sites is 1. The van der Waals surface area contributed by atoms with E-state index >= 15 is 0 Å². The lowest BCUT2D eigenvalue weighted by molar-refractivity contribution is -0.117. The fraction of sp³-hybridized carbons (Fsp3) is 0.200. The molecule has 0 unspecified atom stereocenters. The maximum absolute atomic E-state index is 12.8. The van der Waals surface area contributed by atoms with Crippen molar-refractivity contribution >= 4 is 28.9 Å². The Morgan fingerprint density at radius 2 is 1.65 bits per heavy atom. The van der Waals surface area contributed by atoms with Crippen molar-refractivity contribution in [3.8, 4) is 5.75 Å². The summed E-state index contributed by atoms with van der Waals surface area (Å²) < 4.78 is 5.12. The van der Waals surface area contributed by atoms with Crippen LogP contribution in [-0.2, 0) is 11.2 Å². The summed E-state index contributed by atoms with van der Waals surface area (Å²) in [5, 5.41) is 6.02. The molecule has 0 spiro atoms. The number of hydrogen-bond acceptors (Lipinski definition) is 4. The van der Waals surface area contributed by atoms with E-state index in [0.717, 1.165) is 23.5 Å². The summed E-state index contributed by atoms with van der Waals surface area (Å²) in [6.45, 7) is 2.25. The summed E-state index contributed by atoms with van der Waals surface area (Å²) in [4.78, 5) is 27.1. The van der Waals surface area contributed by atoms with Crippen LogP contribution in [0.5, 0.6) is 5.75 Å². The smallest absolute Gasteiger partial charge is 0.255 e. The van der Waals surface area contributed by atoms with Crippen LogP contribution in [0.1, 0.15) is 22.8 Å². The zero-order valence-corrected chi connectivity index (χ0v) is 17.6. The van der Waals surface area contributed by atoms with Crippen LogP contribution in [0.4, 0.5) is 17.1 Å². The number of methoxy groups -OCH3 is 1. The molecule has 31 heavy (non-hydrogen) atoms. The largest absolute Gasteiger partial charge is 0.497 e. The van der Waals surface area contributed by atoms with Crippen LogP contribution in [0.2, 0.25) is 0 Å². The molecule has 0 saturated carbocycles. The van der Waals surface area contributed by atoms with Gasteiger partial charge in [0.25, 0.3) is 5.91 Å². The molecule has 0 fully saturated rings. The standard InChI is InChI=1S/C25H25N3O3/c1-17-15-19-5-3-4-6-23(19)28(17)24(29)16-26-20-9-7-18(8-10-20)25(30)27-21-11-13-22(31-2)14-12-21/h3-14,17,26H,15-16H2,1-2H3,(H,27,30)/t17-/m0/s1. The van der Waals surface area contributed by atoms with Gasteiger partial charge in [0.05, 0.1) is 13.7 Å². The highest BCUT2D eigenvalue weighted by molar-refractivity contribution is 6.04. The van der Waals surface area contributed by atoms with Gasteiger partial charge in [-0.15, -0.1) is 0 Å². The van der Waals surface area contributed by atoms with E-state index in [1.165, 1.54) is 5.56 Å². The molecule has 6 nitrogen and oxygen atoms in total. The van der Waals surface area contributed by atoms with Crippen LogP contribution < -0.4 is 20.3 Å². The molecule has 0 saturated heterocycles. The number of anilines is 3. The maximum Gasteiger partial charge on any atom is 0.255 e. The van der Waals surface area contributed by atoms with E-state index in [1.807, 2.05) is 23.1 Å². The summed E-state index contributed by atoms with van der Waals surface area (Å²) >= 11 is 0. The Labute approximate surface area is 181 Å². The van der Waals surface area contributed by atoms with E-state index in [4.69, 9.17) is 4.74 Å². The Balaban J connectivity index is 1.34. The number of fused-ring (bicyclic) bond motifs is 1. The molecule has 6 heteroatoms. The van der Waals surface area contributed by atoms with Gasteiger partial charge >= 0.3 is 0 Å². The number of nitrogens with one attached hydrogen (secondary N) is 2. The third-order valence-corrected chi connectivity index (χ3v) is 5.41. The molecule has 1 atom stereocenters. The Hall–Kier alpha value is -3.80. The molecule has 3 aromatic carbocycles. The van der Waals surface area contributed by atoms with Crippen molar-refractivity contribution in [3.63, 3.8) is 0 Å². The van der Waals surface area contributed by atoms with Crippen LogP contribution in [0, 0.1) is 0 Å². The van der Waals surface area contributed by atoms with Gasteiger partial charge in [0.1, 0.15) is 5.75 Å². The molecular weight excluding hydrogens is 390 g/mol. The second-order valence-electron chi connectivity index (χ2n) is 7.56. The molecule has 0 aromatic heterocycles. The van der Waals surface area contributed by atoms with E-state index in [2.05, 4.69) is 23.6 Å². The predicted molar refractivity (Wildman–Crippen MR) is 123 cm³/mol. The van der Waals surface area contributed by atoms with Gasteiger partial charge in [0.2, 0.25) is 5.91 Å². The molecule has 1 heterocycles. The first-order chi connectivity index (χ1) is 15.0. The molecule has 0 aliphatic carbocycles. The molecule has 3 aromatic rings. The molecule has 2 N–H and O–H groups in total. The lowest BCUT2D eigenvalue weighted by Crippen LogP contribution is -2.39. The van der Waals surface area contributed by atoms with Crippen LogP contribution in [-0.4, -0.2) is 31.5 Å². The molecule has 0 radical (unpaired) electrons. The minimum Gasteiger partial charge on any atom is -0.497 e. The zero-order chi connectivity index (χ0) is 21.8. The van der Waals surface area contributed by atoms with E-state index in [1.54, 1.807) is 55.6 Å². The SMILES string of the molecule is COc1ccc(NC(=O)c2ccc(NCC(=O)N3c4ccccc4C[C@@H]3C)cc2)cc1. The lowest BCUT2D eigenvalue weighted by atomic mass is 10.1. The Morgan fingerprint density at radius 3 is 2.35 bits per heavy atom. The van der Waals surface area contributed by atoms with Gasteiger partial charge in [-0.25, -0.2) is 0 Å². The average molecular weight is 415 g/mol. The molecule has 158 valence electrons. The van der Waals surface area contributed by atoms with Crippen molar-refractivity contribution < 1.29 is 14.3 Å². The van der Waals surface area contributed by atoms with Gasteiger partial charge in [0.15, 0.2) is 0 Å². The van der Waals surface area contributed by atoms with Crippen molar-refractivity contribution in [2.24, 2.45) is 0 Å². The van der Waals surface area contributed by atoms with E-state index in [0.29, 0.717) is 11.3 Å². The third kappa shape index (κ3) is 4.53. The van der Waals surface area contributed by atoms with Gasteiger partial charge in [-0.3, -0.25) is 9.59 Å². The highest BCUT2D eigenvalue weighted by atomic mass is 16.5. The number of ether oxygens (including phenoxy) is 1. The van der Waals surface area contributed by atoms with Crippen molar-refractivity contribution in [2.75, 3.05) is 29.2 Å². The highest BCUT2D eigenvalue weighted by Crippen LogP contribution is 2.31. The molecule has 1 aliphatic rings. The third-order valence-electron chi connectivity index (χ3n) is 5.41. The van der Waals surface area contributed by atoms with Gasteiger partial charge in [-0.2, -0.15) is 0 Å².